The van der Waals surface area contributed by atoms with E-state index in [9.17, 15) is 0 Å². The van der Waals surface area contributed by atoms with Crippen molar-refractivity contribution in [3.8, 4) is 22.0 Å². The van der Waals surface area contributed by atoms with Gasteiger partial charge in [0, 0.05) is 11.1 Å². The summed E-state index contributed by atoms with van der Waals surface area (Å²) in [5.74, 6) is 1.58. The first-order valence-corrected chi connectivity index (χ1v) is 7.35. The van der Waals surface area contributed by atoms with Crippen molar-refractivity contribution >= 4 is 23.0 Å². The zero-order valence-electron chi connectivity index (χ0n) is 11.6. The molecule has 3 aromatic rings. The van der Waals surface area contributed by atoms with Gasteiger partial charge in [-0.1, -0.05) is 24.3 Å². The predicted octanol–water partition coefficient (Wildman–Crippen LogP) is 3.24. The number of amidine groups is 2. The smallest absolute Gasteiger partial charge is 0.144 e. The summed E-state index contributed by atoms with van der Waals surface area (Å²) in [5, 5.41) is 14.8. The van der Waals surface area contributed by atoms with Crippen molar-refractivity contribution in [1.29, 1.82) is 10.8 Å². The highest BCUT2D eigenvalue weighted by Crippen LogP contribution is 2.32. The van der Waals surface area contributed by atoms with E-state index in [0.717, 1.165) is 26.8 Å². The maximum atomic E-state index is 7.44. The van der Waals surface area contributed by atoms with Gasteiger partial charge >= 0.3 is 0 Å². The highest BCUT2D eigenvalue weighted by atomic mass is 32.1. The van der Waals surface area contributed by atoms with Crippen molar-refractivity contribution in [3.63, 3.8) is 0 Å². The molecule has 5 nitrogen and oxygen atoms in total. The quantitative estimate of drug-likeness (QED) is 0.438. The van der Waals surface area contributed by atoms with E-state index in [1.807, 2.05) is 36.4 Å². The third kappa shape index (κ3) is 2.64. The summed E-state index contributed by atoms with van der Waals surface area (Å²) in [4.78, 5) is 1.65. The zero-order chi connectivity index (χ0) is 15.7. The van der Waals surface area contributed by atoms with Crippen molar-refractivity contribution in [3.05, 3.63) is 59.0 Å². The number of nitrogen functional groups attached to an aromatic ring is 2. The molecule has 6 heteroatoms. The number of nitrogens with two attached hydrogens (primary N) is 2. The Bertz CT molecular complexity index is 845. The summed E-state index contributed by atoms with van der Waals surface area (Å²) in [6, 6.07) is 14.8. The molecule has 0 bridgehead atoms. The number of benzene rings is 1. The number of rotatable bonds is 4. The van der Waals surface area contributed by atoms with Crippen LogP contribution in [-0.4, -0.2) is 11.7 Å². The molecule has 0 fully saturated rings. The van der Waals surface area contributed by atoms with Crippen LogP contribution in [0.25, 0.3) is 22.0 Å². The average Bonchev–Trinajstić information content (AvgIpc) is 3.16. The summed E-state index contributed by atoms with van der Waals surface area (Å²) in [6.07, 6.45) is 0. The van der Waals surface area contributed by atoms with Crippen LogP contribution < -0.4 is 11.5 Å². The Morgan fingerprint density at radius 3 is 2.09 bits per heavy atom. The molecule has 0 radical (unpaired) electrons. The summed E-state index contributed by atoms with van der Waals surface area (Å²) in [7, 11) is 0. The normalized spacial score (nSPS) is 10.5. The van der Waals surface area contributed by atoms with Crippen LogP contribution in [0.5, 0.6) is 0 Å². The molecule has 0 aliphatic carbocycles. The molecule has 0 amide bonds. The van der Waals surface area contributed by atoms with Gasteiger partial charge in [0.05, 0.1) is 9.75 Å². The minimum atomic E-state index is 0.0435. The third-order valence-corrected chi connectivity index (χ3v) is 4.33. The fourth-order valence-corrected chi connectivity index (χ4v) is 2.88. The Kier molecular flexibility index (Phi) is 3.52. The van der Waals surface area contributed by atoms with Gasteiger partial charge in [-0.2, -0.15) is 0 Å². The van der Waals surface area contributed by atoms with Crippen LogP contribution in [0, 0.1) is 10.8 Å². The number of hydrogen-bond donors (Lipinski definition) is 4. The topological polar surface area (TPSA) is 113 Å². The second-order valence-corrected chi connectivity index (χ2v) is 5.82. The lowest BCUT2D eigenvalue weighted by Gasteiger charge is -2.00. The summed E-state index contributed by atoms with van der Waals surface area (Å²) < 4.78 is 5.86. The monoisotopic (exact) mass is 310 g/mol. The molecule has 0 aliphatic rings. The standard InChI is InChI=1S/C16H14N4OS/c17-15(18)10-3-1-9(2-4-10)11-5-6-12(21-11)13-7-8-14(22-13)16(19)20/h1-8H,(H3,17,18)(H3,19,20). The van der Waals surface area contributed by atoms with Gasteiger partial charge in [0.25, 0.3) is 0 Å². The van der Waals surface area contributed by atoms with Gasteiger partial charge in [0.1, 0.15) is 23.2 Å². The van der Waals surface area contributed by atoms with Gasteiger partial charge in [-0.15, -0.1) is 11.3 Å². The Morgan fingerprint density at radius 2 is 1.50 bits per heavy atom. The van der Waals surface area contributed by atoms with Crippen LogP contribution in [0.4, 0.5) is 0 Å². The number of furan rings is 1. The highest BCUT2D eigenvalue weighted by molar-refractivity contribution is 7.17. The van der Waals surface area contributed by atoms with E-state index in [-0.39, 0.29) is 11.7 Å². The van der Waals surface area contributed by atoms with E-state index in [4.69, 9.17) is 26.7 Å². The maximum Gasteiger partial charge on any atom is 0.144 e. The number of thiophene rings is 1. The van der Waals surface area contributed by atoms with Crippen molar-refractivity contribution in [2.45, 2.75) is 0 Å². The van der Waals surface area contributed by atoms with Crippen LogP contribution >= 0.6 is 11.3 Å². The SMILES string of the molecule is N=C(N)c1ccc(-c2ccc(-c3ccc(C(=N)N)s3)o2)cc1. The Hall–Kier alpha value is -2.86. The Labute approximate surface area is 131 Å². The molecule has 2 heterocycles. The lowest BCUT2D eigenvalue weighted by Crippen LogP contribution is -2.10. The summed E-state index contributed by atoms with van der Waals surface area (Å²) in [6.45, 7) is 0. The molecule has 0 atom stereocenters. The molecular weight excluding hydrogens is 296 g/mol. The first-order chi connectivity index (χ1) is 10.5. The average molecular weight is 310 g/mol. The molecule has 0 saturated heterocycles. The second kappa shape index (κ2) is 5.50. The molecule has 0 spiro atoms. The van der Waals surface area contributed by atoms with Crippen molar-refractivity contribution < 1.29 is 4.42 Å². The summed E-state index contributed by atoms with van der Waals surface area (Å²) in [5.41, 5.74) is 12.5. The first-order valence-electron chi connectivity index (χ1n) is 6.54. The second-order valence-electron chi connectivity index (χ2n) is 4.73. The molecular formula is C16H14N4OS. The van der Waals surface area contributed by atoms with Gasteiger partial charge in [-0.3, -0.25) is 10.8 Å². The molecule has 0 aliphatic heterocycles. The lowest BCUT2D eigenvalue weighted by atomic mass is 10.1. The van der Waals surface area contributed by atoms with Crippen molar-refractivity contribution in [1.82, 2.24) is 0 Å². The van der Waals surface area contributed by atoms with E-state index < -0.39 is 0 Å². The fraction of sp³-hybridized carbons (Fsp3) is 0. The van der Waals surface area contributed by atoms with E-state index in [0.29, 0.717) is 5.56 Å². The maximum absolute atomic E-state index is 7.44. The van der Waals surface area contributed by atoms with Crippen LogP contribution in [0.15, 0.2) is 52.9 Å². The molecule has 1 aromatic carbocycles. The molecule has 22 heavy (non-hydrogen) atoms. The van der Waals surface area contributed by atoms with E-state index in [2.05, 4.69) is 0 Å². The molecule has 0 unspecified atom stereocenters. The number of nitrogens with one attached hydrogen (secondary N) is 2. The van der Waals surface area contributed by atoms with Gasteiger partial charge in [-0.05, 0) is 24.3 Å². The molecule has 6 N–H and O–H groups in total. The van der Waals surface area contributed by atoms with Crippen LogP contribution in [0.2, 0.25) is 0 Å². The van der Waals surface area contributed by atoms with E-state index in [1.165, 1.54) is 11.3 Å². The van der Waals surface area contributed by atoms with Gasteiger partial charge in [0.15, 0.2) is 0 Å². The zero-order valence-corrected chi connectivity index (χ0v) is 12.4. The van der Waals surface area contributed by atoms with Crippen molar-refractivity contribution in [2.24, 2.45) is 11.5 Å². The van der Waals surface area contributed by atoms with Crippen LogP contribution in [0.1, 0.15) is 10.4 Å². The van der Waals surface area contributed by atoms with Crippen LogP contribution in [-0.2, 0) is 0 Å². The first kappa shape index (κ1) is 14.1. The molecule has 2 aromatic heterocycles. The minimum Gasteiger partial charge on any atom is -0.455 e. The van der Waals surface area contributed by atoms with E-state index >= 15 is 0 Å². The van der Waals surface area contributed by atoms with Crippen molar-refractivity contribution in [2.75, 3.05) is 0 Å². The van der Waals surface area contributed by atoms with Crippen LogP contribution in [0.3, 0.4) is 0 Å². The number of hydrogen-bond acceptors (Lipinski definition) is 4. The fourth-order valence-electron chi connectivity index (χ4n) is 2.05. The van der Waals surface area contributed by atoms with Gasteiger partial charge in [0.2, 0.25) is 0 Å². The molecule has 3 rings (SSSR count). The Balaban J connectivity index is 1.89. The largest absolute Gasteiger partial charge is 0.455 e. The Morgan fingerprint density at radius 1 is 0.818 bits per heavy atom. The minimum absolute atomic E-state index is 0.0435. The van der Waals surface area contributed by atoms with Gasteiger partial charge in [-0.25, -0.2) is 0 Å². The van der Waals surface area contributed by atoms with Gasteiger partial charge < -0.3 is 15.9 Å². The highest BCUT2D eigenvalue weighted by Gasteiger charge is 2.10. The lowest BCUT2D eigenvalue weighted by molar-refractivity contribution is 0.599. The van der Waals surface area contributed by atoms with E-state index in [1.54, 1.807) is 12.1 Å². The predicted molar refractivity (Wildman–Crippen MR) is 89.5 cm³/mol. The third-order valence-electron chi connectivity index (χ3n) is 3.20. The summed E-state index contributed by atoms with van der Waals surface area (Å²) >= 11 is 1.42. The molecule has 0 saturated carbocycles. The molecule has 110 valence electrons.